The number of thiophene rings is 1. The number of carbonyl (C=O) groups is 1. The molecule has 0 bridgehead atoms. The highest BCUT2D eigenvalue weighted by Gasteiger charge is 2.08. The Morgan fingerprint density at radius 1 is 1.37 bits per heavy atom. The quantitative estimate of drug-likeness (QED) is 0.870. The zero-order chi connectivity index (χ0) is 13.8. The number of phenols is 1. The number of rotatable bonds is 4. The topological polar surface area (TPSA) is 49.3 Å². The minimum Gasteiger partial charge on any atom is -0.506 e. The van der Waals surface area contributed by atoms with Crippen molar-refractivity contribution in [3.63, 3.8) is 0 Å². The SMILES string of the molecule is O=C(NCCc1ccc(Br)s1)c1ccc(O)c(Cl)c1. The predicted octanol–water partition coefficient (Wildman–Crippen LogP) is 3.84. The molecule has 0 aliphatic heterocycles. The lowest BCUT2D eigenvalue weighted by atomic mass is 10.2. The summed E-state index contributed by atoms with van der Waals surface area (Å²) >= 11 is 10.8. The molecule has 6 heteroatoms. The van der Waals surface area contributed by atoms with E-state index in [0.29, 0.717) is 12.1 Å². The van der Waals surface area contributed by atoms with Crippen LogP contribution in [0, 0.1) is 0 Å². The lowest BCUT2D eigenvalue weighted by Crippen LogP contribution is -2.25. The van der Waals surface area contributed by atoms with Crippen molar-refractivity contribution in [1.29, 1.82) is 0 Å². The highest BCUT2D eigenvalue weighted by Crippen LogP contribution is 2.24. The molecule has 1 amide bonds. The first-order valence-electron chi connectivity index (χ1n) is 5.57. The molecule has 2 N–H and O–H groups in total. The number of halogens is 2. The molecule has 3 nitrogen and oxygen atoms in total. The van der Waals surface area contributed by atoms with Gasteiger partial charge in [0.25, 0.3) is 5.91 Å². The molecule has 2 rings (SSSR count). The number of hydrogen-bond donors (Lipinski definition) is 2. The van der Waals surface area contributed by atoms with Gasteiger partial charge in [-0.3, -0.25) is 4.79 Å². The second kappa shape index (κ2) is 6.41. The van der Waals surface area contributed by atoms with E-state index in [0.717, 1.165) is 10.2 Å². The van der Waals surface area contributed by atoms with Gasteiger partial charge in [-0.25, -0.2) is 0 Å². The van der Waals surface area contributed by atoms with Crippen molar-refractivity contribution >= 4 is 44.8 Å². The molecule has 0 aliphatic rings. The van der Waals surface area contributed by atoms with Crippen LogP contribution in [-0.4, -0.2) is 17.6 Å². The largest absolute Gasteiger partial charge is 0.506 e. The van der Waals surface area contributed by atoms with Crippen LogP contribution in [0.5, 0.6) is 5.75 Å². The first-order chi connectivity index (χ1) is 9.06. The standard InChI is InChI=1S/C13H11BrClNO2S/c14-12-4-2-9(19-12)5-6-16-13(18)8-1-3-11(17)10(15)7-8/h1-4,7,17H,5-6H2,(H,16,18). The summed E-state index contributed by atoms with van der Waals surface area (Å²) < 4.78 is 1.08. The molecule has 0 atom stereocenters. The average Bonchev–Trinajstić information content (AvgIpc) is 2.78. The van der Waals surface area contributed by atoms with Crippen molar-refractivity contribution in [2.24, 2.45) is 0 Å². The third-order valence-electron chi connectivity index (χ3n) is 2.50. The van der Waals surface area contributed by atoms with Crippen molar-refractivity contribution in [2.45, 2.75) is 6.42 Å². The maximum absolute atomic E-state index is 11.8. The molecule has 0 unspecified atom stereocenters. The van der Waals surface area contributed by atoms with Gasteiger partial charge in [0, 0.05) is 17.0 Å². The second-order valence-electron chi connectivity index (χ2n) is 3.88. The summed E-state index contributed by atoms with van der Waals surface area (Å²) in [6.07, 6.45) is 0.786. The fourth-order valence-electron chi connectivity index (χ4n) is 1.54. The van der Waals surface area contributed by atoms with Gasteiger partial charge < -0.3 is 10.4 Å². The van der Waals surface area contributed by atoms with Crippen molar-refractivity contribution in [3.8, 4) is 5.75 Å². The van der Waals surface area contributed by atoms with E-state index in [1.165, 1.54) is 23.1 Å². The van der Waals surface area contributed by atoms with E-state index in [2.05, 4.69) is 21.2 Å². The fraction of sp³-hybridized carbons (Fsp3) is 0.154. The Morgan fingerprint density at radius 3 is 2.79 bits per heavy atom. The summed E-state index contributed by atoms with van der Waals surface area (Å²) in [6, 6.07) is 8.42. The normalized spacial score (nSPS) is 10.4. The molecule has 0 saturated heterocycles. The van der Waals surface area contributed by atoms with E-state index >= 15 is 0 Å². The van der Waals surface area contributed by atoms with Crippen molar-refractivity contribution in [2.75, 3.05) is 6.54 Å². The van der Waals surface area contributed by atoms with Gasteiger partial charge in [0.1, 0.15) is 5.75 Å². The Labute approximate surface area is 128 Å². The Hall–Kier alpha value is -1.04. The summed E-state index contributed by atoms with van der Waals surface area (Å²) in [5, 5.41) is 12.3. The molecule has 100 valence electrons. The molecule has 1 aromatic carbocycles. The van der Waals surface area contributed by atoms with Crippen LogP contribution >= 0.6 is 38.9 Å². The predicted molar refractivity (Wildman–Crippen MR) is 81.2 cm³/mol. The van der Waals surface area contributed by atoms with Crippen LogP contribution in [0.25, 0.3) is 0 Å². The Kier molecular flexibility index (Phi) is 4.85. The van der Waals surface area contributed by atoms with Crippen LogP contribution < -0.4 is 5.32 Å². The Balaban J connectivity index is 1.89. The molecule has 1 heterocycles. The molecule has 2 aromatic rings. The number of benzene rings is 1. The number of carbonyl (C=O) groups excluding carboxylic acids is 1. The lowest BCUT2D eigenvalue weighted by molar-refractivity contribution is 0.0954. The van der Waals surface area contributed by atoms with Gasteiger partial charge >= 0.3 is 0 Å². The van der Waals surface area contributed by atoms with Crippen LogP contribution in [0.15, 0.2) is 34.1 Å². The molecule has 0 saturated carbocycles. The zero-order valence-electron chi connectivity index (χ0n) is 9.82. The summed E-state index contributed by atoms with van der Waals surface area (Å²) in [7, 11) is 0. The molecular weight excluding hydrogens is 350 g/mol. The van der Waals surface area contributed by atoms with Crippen LogP contribution in [-0.2, 0) is 6.42 Å². The highest BCUT2D eigenvalue weighted by molar-refractivity contribution is 9.11. The molecule has 0 spiro atoms. The van der Waals surface area contributed by atoms with Gasteiger partial charge in [0.05, 0.1) is 8.81 Å². The van der Waals surface area contributed by atoms with E-state index in [9.17, 15) is 9.90 Å². The summed E-state index contributed by atoms with van der Waals surface area (Å²) in [4.78, 5) is 13.1. The number of aromatic hydroxyl groups is 1. The maximum atomic E-state index is 11.8. The lowest BCUT2D eigenvalue weighted by Gasteiger charge is -2.05. The first-order valence-corrected chi connectivity index (χ1v) is 7.56. The van der Waals surface area contributed by atoms with E-state index in [1.54, 1.807) is 11.3 Å². The van der Waals surface area contributed by atoms with Gasteiger partial charge in [-0.05, 0) is 52.7 Å². The number of phenolic OH excluding ortho intramolecular Hbond substituents is 1. The van der Waals surface area contributed by atoms with E-state index in [4.69, 9.17) is 11.6 Å². The third kappa shape index (κ3) is 3.96. The van der Waals surface area contributed by atoms with Gasteiger partial charge in [-0.2, -0.15) is 0 Å². The smallest absolute Gasteiger partial charge is 0.251 e. The van der Waals surface area contributed by atoms with Gasteiger partial charge in [0.2, 0.25) is 0 Å². The molecule has 19 heavy (non-hydrogen) atoms. The molecule has 0 fully saturated rings. The van der Waals surface area contributed by atoms with Crippen molar-refractivity contribution in [3.05, 3.63) is 49.6 Å². The van der Waals surface area contributed by atoms with E-state index in [-0.39, 0.29) is 16.7 Å². The highest BCUT2D eigenvalue weighted by atomic mass is 79.9. The molecule has 0 aliphatic carbocycles. The second-order valence-corrected chi connectivity index (χ2v) is 6.83. The molecular formula is C13H11BrClNO2S. The Morgan fingerprint density at radius 2 is 2.16 bits per heavy atom. The van der Waals surface area contributed by atoms with Crippen LogP contribution in [0.1, 0.15) is 15.2 Å². The first kappa shape index (κ1) is 14.4. The van der Waals surface area contributed by atoms with Crippen LogP contribution in [0.3, 0.4) is 0 Å². The van der Waals surface area contributed by atoms with Crippen molar-refractivity contribution in [1.82, 2.24) is 5.32 Å². The monoisotopic (exact) mass is 359 g/mol. The minimum atomic E-state index is -0.197. The average molecular weight is 361 g/mol. The van der Waals surface area contributed by atoms with Crippen molar-refractivity contribution < 1.29 is 9.90 Å². The van der Waals surface area contributed by atoms with Gasteiger partial charge in [-0.15, -0.1) is 11.3 Å². The Bertz CT molecular complexity index is 600. The fourth-order valence-corrected chi connectivity index (χ4v) is 3.20. The van der Waals surface area contributed by atoms with Crippen LogP contribution in [0.4, 0.5) is 0 Å². The summed E-state index contributed by atoms with van der Waals surface area (Å²) in [5.41, 5.74) is 0.440. The van der Waals surface area contributed by atoms with Gasteiger partial charge in [-0.1, -0.05) is 11.6 Å². The minimum absolute atomic E-state index is 0.0262. The van der Waals surface area contributed by atoms with Gasteiger partial charge in [0.15, 0.2) is 0 Å². The third-order valence-corrected chi connectivity index (χ3v) is 4.48. The zero-order valence-corrected chi connectivity index (χ0v) is 13.0. The number of hydrogen-bond acceptors (Lipinski definition) is 3. The van der Waals surface area contributed by atoms with Crippen LogP contribution in [0.2, 0.25) is 5.02 Å². The maximum Gasteiger partial charge on any atom is 0.251 e. The molecule has 1 aromatic heterocycles. The van der Waals surface area contributed by atoms with E-state index in [1.807, 2.05) is 12.1 Å². The van der Waals surface area contributed by atoms with E-state index < -0.39 is 0 Å². The number of amides is 1. The number of nitrogens with one attached hydrogen (secondary N) is 1. The summed E-state index contributed by atoms with van der Waals surface area (Å²) in [5.74, 6) is -0.223. The summed E-state index contributed by atoms with van der Waals surface area (Å²) in [6.45, 7) is 0.560. The molecule has 0 radical (unpaired) electrons.